The van der Waals surface area contributed by atoms with Crippen LogP contribution in [0.15, 0.2) is 12.4 Å². The number of carboxylic acid groups (broad SMARTS) is 1. The zero-order chi connectivity index (χ0) is 16.6. The van der Waals surface area contributed by atoms with Crippen LogP contribution in [0.2, 0.25) is 0 Å². The molecule has 3 rings (SSSR count). The summed E-state index contributed by atoms with van der Waals surface area (Å²) in [5.41, 5.74) is -0.0869. The van der Waals surface area contributed by atoms with Gasteiger partial charge in [0.2, 0.25) is 0 Å². The van der Waals surface area contributed by atoms with Crippen molar-refractivity contribution in [3.63, 3.8) is 0 Å². The molecular formula is C16H24N4O3. The normalized spacial score (nSPS) is 26.6. The lowest BCUT2D eigenvalue weighted by atomic mass is 9.81. The Bertz CT molecular complexity index is 612. The summed E-state index contributed by atoms with van der Waals surface area (Å²) < 4.78 is 1.80. The van der Waals surface area contributed by atoms with E-state index in [0.717, 1.165) is 19.4 Å². The number of aromatic nitrogens is 2. The fourth-order valence-corrected chi connectivity index (χ4v) is 3.90. The van der Waals surface area contributed by atoms with Gasteiger partial charge in [0, 0.05) is 25.8 Å². The van der Waals surface area contributed by atoms with E-state index < -0.39 is 11.4 Å². The van der Waals surface area contributed by atoms with Gasteiger partial charge in [-0.2, -0.15) is 5.10 Å². The van der Waals surface area contributed by atoms with Gasteiger partial charge in [-0.15, -0.1) is 0 Å². The van der Waals surface area contributed by atoms with Crippen LogP contribution in [0.1, 0.15) is 33.1 Å². The fourth-order valence-electron chi connectivity index (χ4n) is 3.90. The van der Waals surface area contributed by atoms with Crippen LogP contribution in [0.4, 0.5) is 10.5 Å². The molecular weight excluding hydrogens is 296 g/mol. The number of anilines is 1. The van der Waals surface area contributed by atoms with Crippen LogP contribution >= 0.6 is 0 Å². The van der Waals surface area contributed by atoms with E-state index >= 15 is 0 Å². The number of carboxylic acids is 1. The summed E-state index contributed by atoms with van der Waals surface area (Å²) in [6.45, 7) is 5.84. The maximum atomic E-state index is 12.4. The minimum absolute atomic E-state index is 0.0782. The third-order valence-electron chi connectivity index (χ3n) is 5.02. The number of aliphatic carboxylic acids is 1. The van der Waals surface area contributed by atoms with Crippen molar-refractivity contribution >= 4 is 17.7 Å². The number of urea groups is 1. The van der Waals surface area contributed by atoms with Crippen LogP contribution < -0.4 is 5.32 Å². The number of carbonyl (C=O) groups excluding carboxylic acids is 1. The fraction of sp³-hybridized carbons (Fsp3) is 0.688. The van der Waals surface area contributed by atoms with Gasteiger partial charge in [0.1, 0.15) is 0 Å². The Balaban J connectivity index is 1.63. The van der Waals surface area contributed by atoms with Gasteiger partial charge in [-0.05, 0) is 24.7 Å². The summed E-state index contributed by atoms with van der Waals surface area (Å²) in [5.74, 6) is -0.207. The zero-order valence-corrected chi connectivity index (χ0v) is 13.7. The Morgan fingerprint density at radius 3 is 2.96 bits per heavy atom. The second-order valence-corrected chi connectivity index (χ2v) is 7.21. The first kappa shape index (κ1) is 15.8. The van der Waals surface area contributed by atoms with Gasteiger partial charge >= 0.3 is 12.0 Å². The Labute approximate surface area is 135 Å². The number of hydrogen-bond donors (Lipinski definition) is 2. The Morgan fingerprint density at radius 2 is 2.30 bits per heavy atom. The topological polar surface area (TPSA) is 87.5 Å². The maximum Gasteiger partial charge on any atom is 0.321 e. The second-order valence-electron chi connectivity index (χ2n) is 7.21. The van der Waals surface area contributed by atoms with Crippen molar-refractivity contribution in [3.05, 3.63) is 12.4 Å². The van der Waals surface area contributed by atoms with Crippen molar-refractivity contribution in [1.29, 1.82) is 0 Å². The number of amides is 2. The molecule has 1 aromatic rings. The van der Waals surface area contributed by atoms with Gasteiger partial charge in [-0.1, -0.05) is 20.3 Å². The average Bonchev–Trinajstić information content (AvgIpc) is 3.11. The summed E-state index contributed by atoms with van der Waals surface area (Å²) in [5, 5.41) is 16.6. The molecule has 0 unspecified atom stereocenters. The molecule has 0 bridgehead atoms. The highest BCUT2D eigenvalue weighted by molar-refractivity contribution is 5.90. The highest BCUT2D eigenvalue weighted by Crippen LogP contribution is 2.48. The third kappa shape index (κ3) is 2.92. The van der Waals surface area contributed by atoms with Gasteiger partial charge < -0.3 is 15.3 Å². The van der Waals surface area contributed by atoms with Crippen molar-refractivity contribution in [3.8, 4) is 0 Å². The lowest BCUT2D eigenvalue weighted by Gasteiger charge is -2.23. The van der Waals surface area contributed by atoms with Crippen LogP contribution in [0.25, 0.3) is 0 Å². The molecule has 126 valence electrons. The predicted molar refractivity (Wildman–Crippen MR) is 85.1 cm³/mol. The molecule has 0 aromatic carbocycles. The second kappa shape index (κ2) is 5.86. The Morgan fingerprint density at radius 1 is 1.52 bits per heavy atom. The van der Waals surface area contributed by atoms with Gasteiger partial charge in [-0.25, -0.2) is 4.79 Å². The first-order chi connectivity index (χ1) is 10.9. The Hall–Kier alpha value is -2.05. The number of nitrogens with one attached hydrogen (secondary N) is 1. The molecule has 2 fully saturated rings. The Kier molecular flexibility index (Phi) is 4.04. The molecule has 2 amide bonds. The van der Waals surface area contributed by atoms with Crippen LogP contribution in [-0.4, -0.2) is 44.9 Å². The first-order valence-electron chi connectivity index (χ1n) is 8.22. The number of likely N-dealkylation sites (tertiary alicyclic amines) is 1. The van der Waals surface area contributed by atoms with Crippen molar-refractivity contribution < 1.29 is 14.7 Å². The number of carbonyl (C=O) groups is 2. The lowest BCUT2D eigenvalue weighted by molar-refractivity contribution is -0.149. The zero-order valence-electron chi connectivity index (χ0n) is 13.7. The van der Waals surface area contributed by atoms with Crippen molar-refractivity contribution in [1.82, 2.24) is 14.7 Å². The molecule has 1 saturated carbocycles. The highest BCUT2D eigenvalue weighted by Gasteiger charge is 2.55. The first-order valence-corrected chi connectivity index (χ1v) is 8.22. The summed E-state index contributed by atoms with van der Waals surface area (Å²) >= 11 is 0. The molecule has 1 aromatic heterocycles. The molecule has 2 N–H and O–H groups in total. The summed E-state index contributed by atoms with van der Waals surface area (Å²) in [7, 11) is 0. The van der Waals surface area contributed by atoms with Gasteiger partial charge in [-0.3, -0.25) is 9.48 Å². The summed E-state index contributed by atoms with van der Waals surface area (Å²) in [4.78, 5) is 25.7. The van der Waals surface area contributed by atoms with Crippen LogP contribution in [0.5, 0.6) is 0 Å². The smallest absolute Gasteiger partial charge is 0.321 e. The van der Waals surface area contributed by atoms with Crippen LogP contribution in [-0.2, 0) is 11.3 Å². The minimum atomic E-state index is -0.764. The molecule has 7 heteroatoms. The van der Waals surface area contributed by atoms with Gasteiger partial charge in [0.25, 0.3) is 0 Å². The maximum absolute atomic E-state index is 12.4. The van der Waals surface area contributed by atoms with Crippen LogP contribution in [0.3, 0.4) is 0 Å². The molecule has 0 radical (unpaired) electrons. The van der Waals surface area contributed by atoms with Crippen LogP contribution in [0, 0.1) is 17.3 Å². The van der Waals surface area contributed by atoms with E-state index in [1.54, 1.807) is 15.8 Å². The molecule has 23 heavy (non-hydrogen) atoms. The third-order valence-corrected chi connectivity index (χ3v) is 5.02. The predicted octanol–water partition coefficient (Wildman–Crippen LogP) is 2.26. The van der Waals surface area contributed by atoms with Crippen molar-refractivity contribution in [2.75, 3.05) is 18.4 Å². The minimum Gasteiger partial charge on any atom is -0.481 e. The molecule has 1 aliphatic heterocycles. The molecule has 1 saturated heterocycles. The van der Waals surface area contributed by atoms with E-state index in [0.29, 0.717) is 31.1 Å². The molecule has 2 aliphatic rings. The van der Waals surface area contributed by atoms with Gasteiger partial charge in [0.05, 0.1) is 17.3 Å². The monoisotopic (exact) mass is 320 g/mol. The SMILES string of the molecule is CC(C)Cn1cc(NC(=O)N2C[C@@H]3CCC[C@@]3(C(=O)O)C2)cn1. The highest BCUT2D eigenvalue weighted by atomic mass is 16.4. The van der Waals surface area contributed by atoms with E-state index in [1.165, 1.54) is 0 Å². The lowest BCUT2D eigenvalue weighted by Crippen LogP contribution is -2.38. The standard InChI is InChI=1S/C16H24N4O3/c1-11(2)7-20-9-13(6-17-20)18-15(23)19-8-12-4-3-5-16(12,10-19)14(21)22/h6,9,11-12H,3-5,7-8,10H2,1-2H3,(H,18,23)(H,21,22)/t12-,16+/m0/s1. The summed E-state index contributed by atoms with van der Waals surface area (Å²) in [6.07, 6.45) is 5.94. The van der Waals surface area contributed by atoms with E-state index in [2.05, 4.69) is 24.3 Å². The van der Waals surface area contributed by atoms with E-state index in [9.17, 15) is 14.7 Å². The molecule has 7 nitrogen and oxygen atoms in total. The number of hydrogen-bond acceptors (Lipinski definition) is 3. The molecule has 0 spiro atoms. The van der Waals surface area contributed by atoms with E-state index in [1.807, 2.05) is 6.20 Å². The quantitative estimate of drug-likeness (QED) is 0.891. The number of rotatable bonds is 4. The van der Waals surface area contributed by atoms with Gasteiger partial charge in [0.15, 0.2) is 0 Å². The molecule has 1 aliphatic carbocycles. The average molecular weight is 320 g/mol. The number of nitrogens with zero attached hydrogens (tertiary/aromatic N) is 3. The molecule has 2 atom stereocenters. The van der Waals surface area contributed by atoms with E-state index in [-0.39, 0.29) is 11.9 Å². The van der Waals surface area contributed by atoms with Crippen molar-refractivity contribution in [2.24, 2.45) is 17.3 Å². The largest absolute Gasteiger partial charge is 0.481 e. The van der Waals surface area contributed by atoms with Crippen molar-refractivity contribution in [2.45, 2.75) is 39.7 Å². The summed E-state index contributed by atoms with van der Waals surface area (Å²) in [6, 6.07) is -0.232. The molecule has 2 heterocycles. The number of fused-ring (bicyclic) bond motifs is 1. The van der Waals surface area contributed by atoms with E-state index in [4.69, 9.17) is 0 Å².